The van der Waals surface area contributed by atoms with Crippen LogP contribution in [-0.2, 0) is 11.2 Å². The zero-order valence-electron chi connectivity index (χ0n) is 10.5. The third kappa shape index (κ3) is 5.43. The van der Waals surface area contributed by atoms with Gasteiger partial charge >= 0.3 is 6.18 Å². The molecule has 0 bridgehead atoms. The molecule has 0 saturated heterocycles. The van der Waals surface area contributed by atoms with Crippen molar-refractivity contribution in [2.45, 2.75) is 12.6 Å². The quantitative estimate of drug-likeness (QED) is 0.779. The molecular weight excluding hydrogens is 280 g/mol. The molecule has 0 fully saturated rings. The maximum absolute atomic E-state index is 13.5. The molecule has 0 unspecified atom stereocenters. The minimum Gasteiger partial charge on any atom is -0.480 e. The van der Waals surface area contributed by atoms with E-state index in [9.17, 15) is 22.4 Å². The first kappa shape index (κ1) is 16.2. The van der Waals surface area contributed by atoms with Crippen LogP contribution in [0.3, 0.4) is 0 Å². The van der Waals surface area contributed by atoms with Crippen molar-refractivity contribution in [3.8, 4) is 5.75 Å². The van der Waals surface area contributed by atoms with Gasteiger partial charge in [-0.25, -0.2) is 4.39 Å². The van der Waals surface area contributed by atoms with Gasteiger partial charge in [-0.3, -0.25) is 4.79 Å². The van der Waals surface area contributed by atoms with Crippen LogP contribution in [-0.4, -0.2) is 31.8 Å². The normalized spacial score (nSPS) is 11.2. The average Bonchev–Trinajstić information content (AvgIpc) is 2.35. The molecule has 8 heteroatoms. The van der Waals surface area contributed by atoms with Crippen LogP contribution < -0.4 is 15.8 Å². The fourth-order valence-electron chi connectivity index (χ4n) is 1.46. The lowest BCUT2D eigenvalue weighted by atomic mass is 10.1. The minimum atomic E-state index is -4.50. The molecule has 0 aromatic heterocycles. The van der Waals surface area contributed by atoms with Crippen LogP contribution in [0.15, 0.2) is 18.2 Å². The van der Waals surface area contributed by atoms with Gasteiger partial charge in [0.05, 0.1) is 0 Å². The van der Waals surface area contributed by atoms with E-state index in [4.69, 9.17) is 10.5 Å². The Labute approximate surface area is 112 Å². The number of para-hydroxylation sites is 1. The maximum Gasteiger partial charge on any atom is 0.405 e. The Bertz CT molecular complexity index is 463. The number of halogens is 4. The summed E-state index contributed by atoms with van der Waals surface area (Å²) in [5.41, 5.74) is 5.80. The molecule has 3 N–H and O–H groups in total. The van der Waals surface area contributed by atoms with Crippen molar-refractivity contribution < 1.29 is 27.1 Å². The Kier molecular flexibility index (Phi) is 5.75. The molecule has 4 nitrogen and oxygen atoms in total. The highest BCUT2D eigenvalue weighted by molar-refractivity contribution is 5.77. The van der Waals surface area contributed by atoms with Crippen LogP contribution in [0.5, 0.6) is 5.75 Å². The fraction of sp³-hybridized carbons (Fsp3) is 0.417. The molecule has 1 rings (SSSR count). The van der Waals surface area contributed by atoms with Gasteiger partial charge < -0.3 is 15.8 Å². The Balaban J connectivity index is 2.59. The van der Waals surface area contributed by atoms with E-state index in [0.717, 1.165) is 6.07 Å². The highest BCUT2D eigenvalue weighted by Gasteiger charge is 2.27. The zero-order chi connectivity index (χ0) is 15.2. The van der Waals surface area contributed by atoms with E-state index in [1.807, 2.05) is 0 Å². The third-order valence-corrected chi connectivity index (χ3v) is 2.30. The molecule has 1 aromatic carbocycles. The number of ether oxygens (including phenoxy) is 1. The molecule has 0 radical (unpaired) electrons. The maximum atomic E-state index is 13.5. The summed E-state index contributed by atoms with van der Waals surface area (Å²) in [5, 5.41) is 1.63. The van der Waals surface area contributed by atoms with Gasteiger partial charge in [0, 0.05) is 0 Å². The van der Waals surface area contributed by atoms with E-state index in [0.29, 0.717) is 12.0 Å². The molecule has 0 atom stereocenters. The second-order valence-corrected chi connectivity index (χ2v) is 3.95. The summed E-state index contributed by atoms with van der Waals surface area (Å²) >= 11 is 0. The summed E-state index contributed by atoms with van der Waals surface area (Å²) < 4.78 is 54.1. The van der Waals surface area contributed by atoms with Crippen LogP contribution in [0.1, 0.15) is 5.56 Å². The fourth-order valence-corrected chi connectivity index (χ4v) is 1.46. The molecule has 20 heavy (non-hydrogen) atoms. The number of alkyl halides is 3. The van der Waals surface area contributed by atoms with Crippen molar-refractivity contribution in [3.05, 3.63) is 29.6 Å². The van der Waals surface area contributed by atoms with Crippen LogP contribution in [0.25, 0.3) is 0 Å². The van der Waals surface area contributed by atoms with Crippen LogP contribution in [0.4, 0.5) is 17.6 Å². The van der Waals surface area contributed by atoms with E-state index < -0.39 is 31.1 Å². The summed E-state index contributed by atoms with van der Waals surface area (Å²) in [4.78, 5) is 11.2. The lowest BCUT2D eigenvalue weighted by Gasteiger charge is -2.12. The van der Waals surface area contributed by atoms with E-state index >= 15 is 0 Å². The first-order valence-corrected chi connectivity index (χ1v) is 5.77. The van der Waals surface area contributed by atoms with Crippen molar-refractivity contribution in [2.24, 2.45) is 5.73 Å². The Morgan fingerprint density at radius 3 is 2.65 bits per heavy atom. The Hall–Kier alpha value is -1.83. The van der Waals surface area contributed by atoms with Gasteiger partial charge in [-0.1, -0.05) is 12.1 Å². The van der Waals surface area contributed by atoms with E-state index in [1.54, 1.807) is 11.4 Å². The molecule has 0 saturated carbocycles. The lowest BCUT2D eigenvalue weighted by molar-refractivity contribution is -0.139. The number of amides is 1. The second-order valence-electron chi connectivity index (χ2n) is 3.95. The van der Waals surface area contributed by atoms with Crippen LogP contribution in [0, 0.1) is 5.82 Å². The highest BCUT2D eigenvalue weighted by Crippen LogP contribution is 2.22. The average molecular weight is 294 g/mol. The van der Waals surface area contributed by atoms with Crippen LogP contribution in [0.2, 0.25) is 0 Å². The second kappa shape index (κ2) is 7.09. The summed E-state index contributed by atoms with van der Waals surface area (Å²) in [5.74, 6) is -1.84. The van der Waals surface area contributed by atoms with E-state index in [1.165, 1.54) is 6.07 Å². The van der Waals surface area contributed by atoms with Gasteiger partial charge in [-0.05, 0) is 24.6 Å². The van der Waals surface area contributed by atoms with Gasteiger partial charge in [0.15, 0.2) is 18.2 Å². The summed E-state index contributed by atoms with van der Waals surface area (Å²) in [6, 6.07) is 4.15. The molecular formula is C12H14F4N2O2. The van der Waals surface area contributed by atoms with Gasteiger partial charge in [-0.15, -0.1) is 0 Å². The Morgan fingerprint density at radius 1 is 1.35 bits per heavy atom. The number of carbonyl (C=O) groups is 1. The number of benzene rings is 1. The van der Waals surface area contributed by atoms with Gasteiger partial charge in [0.2, 0.25) is 0 Å². The van der Waals surface area contributed by atoms with Gasteiger partial charge in [-0.2, -0.15) is 13.2 Å². The molecule has 112 valence electrons. The molecule has 0 spiro atoms. The molecule has 0 aliphatic heterocycles. The van der Waals surface area contributed by atoms with Gasteiger partial charge in [0.1, 0.15) is 6.54 Å². The first-order chi connectivity index (χ1) is 9.33. The molecule has 0 aliphatic carbocycles. The van der Waals surface area contributed by atoms with Gasteiger partial charge in [0.25, 0.3) is 5.91 Å². The summed E-state index contributed by atoms with van der Waals surface area (Å²) in [6.45, 7) is -1.91. The van der Waals surface area contributed by atoms with Crippen molar-refractivity contribution >= 4 is 5.91 Å². The SMILES string of the molecule is NCCc1cccc(F)c1OCC(=O)NCC(F)(F)F. The third-order valence-electron chi connectivity index (χ3n) is 2.30. The predicted octanol–water partition coefficient (Wildman–Crippen LogP) is 1.38. The standard InChI is InChI=1S/C12H14F4N2O2/c13-9-3-1-2-8(4-5-17)11(9)20-6-10(19)18-7-12(14,15)16/h1-3H,4-7,17H2,(H,18,19). The first-order valence-electron chi connectivity index (χ1n) is 5.77. The smallest absolute Gasteiger partial charge is 0.405 e. The highest BCUT2D eigenvalue weighted by atomic mass is 19.4. The van der Waals surface area contributed by atoms with E-state index in [-0.39, 0.29) is 12.3 Å². The minimum absolute atomic E-state index is 0.167. The zero-order valence-corrected chi connectivity index (χ0v) is 10.5. The monoisotopic (exact) mass is 294 g/mol. The van der Waals surface area contributed by atoms with Crippen molar-refractivity contribution in [3.63, 3.8) is 0 Å². The van der Waals surface area contributed by atoms with Crippen molar-refractivity contribution in [1.82, 2.24) is 5.32 Å². The largest absolute Gasteiger partial charge is 0.480 e. The number of hydrogen-bond acceptors (Lipinski definition) is 3. The topological polar surface area (TPSA) is 64.3 Å². The molecule has 0 aliphatic rings. The Morgan fingerprint density at radius 2 is 2.05 bits per heavy atom. The summed E-state index contributed by atoms with van der Waals surface area (Å²) in [6.07, 6.45) is -4.17. The van der Waals surface area contributed by atoms with Crippen molar-refractivity contribution in [1.29, 1.82) is 0 Å². The van der Waals surface area contributed by atoms with Crippen molar-refractivity contribution in [2.75, 3.05) is 19.7 Å². The summed E-state index contributed by atoms with van der Waals surface area (Å²) in [7, 11) is 0. The number of carbonyl (C=O) groups excluding carboxylic acids is 1. The molecule has 1 aromatic rings. The number of rotatable bonds is 6. The number of hydrogen-bond donors (Lipinski definition) is 2. The predicted molar refractivity (Wildman–Crippen MR) is 63.7 cm³/mol. The van der Waals surface area contributed by atoms with Crippen LogP contribution >= 0.6 is 0 Å². The number of nitrogens with one attached hydrogen (secondary N) is 1. The molecule has 1 amide bonds. The number of nitrogens with two attached hydrogens (primary N) is 1. The van der Waals surface area contributed by atoms with E-state index in [2.05, 4.69) is 0 Å². The molecule has 0 heterocycles. The lowest BCUT2D eigenvalue weighted by Crippen LogP contribution is -2.36.